The summed E-state index contributed by atoms with van der Waals surface area (Å²) in [6, 6.07) is 10.1. The Labute approximate surface area is 135 Å². The molecule has 0 spiro atoms. The lowest BCUT2D eigenvalue weighted by Crippen LogP contribution is -2.37. The molecule has 2 aromatic heterocycles. The van der Waals surface area contributed by atoms with Gasteiger partial charge in [-0.2, -0.15) is 4.73 Å². The first-order chi connectivity index (χ1) is 11.1. The second kappa shape index (κ2) is 6.13. The summed E-state index contributed by atoms with van der Waals surface area (Å²) in [6.07, 6.45) is 0. The zero-order valence-corrected chi connectivity index (χ0v) is 13.0. The van der Waals surface area contributed by atoms with Gasteiger partial charge < -0.3 is 9.94 Å². The number of fused-ring (bicyclic) bond motifs is 1. The van der Waals surface area contributed by atoms with Gasteiger partial charge in [-0.3, -0.25) is 4.79 Å². The van der Waals surface area contributed by atoms with Crippen LogP contribution in [0, 0.1) is 5.21 Å². The highest BCUT2D eigenvalue weighted by Crippen LogP contribution is 2.15. The summed E-state index contributed by atoms with van der Waals surface area (Å²) < 4.78 is 5.71. The molecule has 0 N–H and O–H groups in total. The Kier molecular flexibility index (Phi) is 4.03. The third kappa shape index (κ3) is 2.91. The van der Waals surface area contributed by atoms with E-state index in [1.165, 1.54) is 18.3 Å². The summed E-state index contributed by atoms with van der Waals surface area (Å²) >= 11 is 1.25. The Bertz CT molecular complexity index is 890. The highest BCUT2D eigenvalue weighted by Gasteiger charge is 2.24. The summed E-state index contributed by atoms with van der Waals surface area (Å²) in [5.41, 5.74) is 0.777. The molecule has 116 valence electrons. The summed E-state index contributed by atoms with van der Waals surface area (Å²) in [6.45, 7) is 1.05. The summed E-state index contributed by atoms with van der Waals surface area (Å²) in [4.78, 5) is 28.4. The average molecular weight is 328 g/mol. The zero-order chi connectivity index (χ0) is 16.4. The number of esters is 1. The van der Waals surface area contributed by atoms with Crippen LogP contribution in [0.15, 0.2) is 41.8 Å². The molecule has 0 unspecified atom stereocenters. The number of rotatable bonds is 4. The Balaban J connectivity index is 1.97. The molecule has 0 atom stereocenters. The fraction of sp³-hybridized carbons (Fsp3) is 0.125. The van der Waals surface area contributed by atoms with Crippen LogP contribution >= 0.6 is 11.3 Å². The maximum atomic E-state index is 12.4. The number of carbonyl (C=O) groups excluding carboxylic acids is 2. The largest absolute Gasteiger partial charge is 0.618 e. The Hall–Kier alpha value is -2.80. The topological polar surface area (TPSA) is 83.2 Å². The van der Waals surface area contributed by atoms with E-state index in [0.717, 1.165) is 0 Å². The molecule has 6 nitrogen and oxygen atoms in total. The lowest BCUT2D eigenvalue weighted by Gasteiger charge is -2.10. The third-order valence-electron chi connectivity index (χ3n) is 3.23. The fourth-order valence-electron chi connectivity index (χ4n) is 2.21. The maximum Gasteiger partial charge on any atom is 0.348 e. The van der Waals surface area contributed by atoms with Crippen LogP contribution in [0.3, 0.4) is 0 Å². The van der Waals surface area contributed by atoms with E-state index in [2.05, 4.69) is 4.98 Å². The van der Waals surface area contributed by atoms with Gasteiger partial charge in [0.15, 0.2) is 5.69 Å². The fourth-order valence-corrected chi connectivity index (χ4v) is 2.83. The van der Waals surface area contributed by atoms with Crippen molar-refractivity contribution >= 4 is 34.1 Å². The summed E-state index contributed by atoms with van der Waals surface area (Å²) in [7, 11) is 0. The van der Waals surface area contributed by atoms with Gasteiger partial charge in [0.25, 0.3) is 5.69 Å². The van der Waals surface area contributed by atoms with Gasteiger partial charge in [0, 0.05) is 13.0 Å². The number of ketones is 1. The molecule has 0 aliphatic heterocycles. The molecule has 7 heteroatoms. The minimum atomic E-state index is -0.512. The minimum Gasteiger partial charge on any atom is -0.618 e. The third-order valence-corrected chi connectivity index (χ3v) is 4.08. The minimum absolute atomic E-state index is 0.109. The summed E-state index contributed by atoms with van der Waals surface area (Å²) in [5, 5.41) is 14.1. The van der Waals surface area contributed by atoms with Gasteiger partial charge in [-0.1, -0.05) is 18.2 Å². The van der Waals surface area contributed by atoms with Gasteiger partial charge in [0.05, 0.1) is 0 Å². The first-order valence-corrected chi connectivity index (χ1v) is 7.68. The van der Waals surface area contributed by atoms with Gasteiger partial charge >= 0.3 is 5.97 Å². The monoisotopic (exact) mass is 328 g/mol. The van der Waals surface area contributed by atoms with E-state index >= 15 is 0 Å². The number of thiophene rings is 1. The average Bonchev–Trinajstić information content (AvgIpc) is 3.07. The highest BCUT2D eigenvalue weighted by molar-refractivity contribution is 7.11. The van der Waals surface area contributed by atoms with E-state index in [4.69, 9.17) is 4.74 Å². The van der Waals surface area contributed by atoms with Crippen molar-refractivity contribution in [3.63, 3.8) is 0 Å². The molecule has 3 aromatic rings. The summed E-state index contributed by atoms with van der Waals surface area (Å²) in [5.74, 6) is -0.942. The molecule has 1 aromatic carbocycles. The maximum absolute atomic E-state index is 12.4. The van der Waals surface area contributed by atoms with E-state index in [1.54, 1.807) is 41.8 Å². The molecule has 0 aliphatic carbocycles. The van der Waals surface area contributed by atoms with Crippen molar-refractivity contribution in [1.82, 2.24) is 4.98 Å². The molecule has 0 fully saturated rings. The SMILES string of the molecule is CC(=O)c1c(COC(=O)c2cccs2)nc2ccccc2[n+]1[O-]. The van der Waals surface area contributed by atoms with Crippen LogP contribution in [0.4, 0.5) is 0 Å². The van der Waals surface area contributed by atoms with Crippen LogP contribution in [-0.2, 0) is 11.3 Å². The lowest BCUT2D eigenvalue weighted by molar-refractivity contribution is -0.580. The normalized spacial score (nSPS) is 10.7. The van der Waals surface area contributed by atoms with Crippen molar-refractivity contribution in [3.05, 3.63) is 63.3 Å². The highest BCUT2D eigenvalue weighted by atomic mass is 32.1. The van der Waals surface area contributed by atoms with Crippen LogP contribution in [0.2, 0.25) is 0 Å². The zero-order valence-electron chi connectivity index (χ0n) is 12.2. The van der Waals surface area contributed by atoms with Crippen molar-refractivity contribution in [2.75, 3.05) is 0 Å². The predicted octanol–water partition coefficient (Wildman–Crippen LogP) is 2.49. The molecule has 2 heterocycles. The molecule has 0 saturated carbocycles. The molecular weight excluding hydrogens is 316 g/mol. The number of hydrogen-bond donors (Lipinski definition) is 0. The molecule has 0 aliphatic rings. The van der Waals surface area contributed by atoms with E-state index in [9.17, 15) is 14.8 Å². The van der Waals surface area contributed by atoms with Crippen molar-refractivity contribution in [2.45, 2.75) is 13.5 Å². The number of Topliss-reactive ketones (excluding diaryl/α,β-unsaturated/α-hetero) is 1. The number of para-hydroxylation sites is 2. The first-order valence-electron chi connectivity index (χ1n) is 6.80. The predicted molar refractivity (Wildman–Crippen MR) is 84.1 cm³/mol. The molecule has 3 rings (SSSR count). The molecule has 0 bridgehead atoms. The molecule has 23 heavy (non-hydrogen) atoms. The number of ether oxygens (including phenoxy) is 1. The van der Waals surface area contributed by atoms with Crippen LogP contribution in [0.1, 0.15) is 32.8 Å². The van der Waals surface area contributed by atoms with E-state index in [1.807, 2.05) is 0 Å². The van der Waals surface area contributed by atoms with E-state index < -0.39 is 11.8 Å². The van der Waals surface area contributed by atoms with Gasteiger partial charge in [0.2, 0.25) is 11.3 Å². The molecule has 0 radical (unpaired) electrons. The van der Waals surface area contributed by atoms with Crippen LogP contribution in [0.5, 0.6) is 0 Å². The van der Waals surface area contributed by atoms with Crippen molar-refractivity contribution < 1.29 is 19.1 Å². The molecule has 0 amide bonds. The number of nitrogens with zero attached hydrogens (tertiary/aromatic N) is 2. The van der Waals surface area contributed by atoms with Crippen molar-refractivity contribution in [3.8, 4) is 0 Å². The van der Waals surface area contributed by atoms with Gasteiger partial charge in [-0.05, 0) is 17.5 Å². The number of carbonyl (C=O) groups is 2. The number of aromatic nitrogens is 2. The van der Waals surface area contributed by atoms with Crippen LogP contribution < -0.4 is 4.73 Å². The smallest absolute Gasteiger partial charge is 0.348 e. The number of benzene rings is 1. The second-order valence-corrected chi connectivity index (χ2v) is 5.75. The second-order valence-electron chi connectivity index (χ2n) is 4.80. The van der Waals surface area contributed by atoms with E-state index in [0.29, 0.717) is 20.6 Å². The molecule has 0 saturated heterocycles. The van der Waals surface area contributed by atoms with Gasteiger partial charge in [-0.25, -0.2) is 9.78 Å². The van der Waals surface area contributed by atoms with Gasteiger partial charge in [0.1, 0.15) is 17.0 Å². The Morgan fingerprint density at radius 2 is 2.04 bits per heavy atom. The standard InChI is InChI=1S/C16H12N2O4S/c1-10(19)15-12(9-22-16(20)14-7-4-8-23-14)17-11-5-2-3-6-13(11)18(15)21/h2-8H,9H2,1H3. The van der Waals surface area contributed by atoms with Crippen molar-refractivity contribution in [2.24, 2.45) is 0 Å². The first kappa shape index (κ1) is 15.1. The lowest BCUT2D eigenvalue weighted by atomic mass is 10.2. The van der Waals surface area contributed by atoms with Crippen molar-refractivity contribution in [1.29, 1.82) is 0 Å². The quantitative estimate of drug-likeness (QED) is 0.318. The Morgan fingerprint density at radius 1 is 1.26 bits per heavy atom. The Morgan fingerprint density at radius 3 is 2.74 bits per heavy atom. The van der Waals surface area contributed by atoms with Crippen LogP contribution in [-0.4, -0.2) is 16.7 Å². The van der Waals surface area contributed by atoms with Gasteiger partial charge in [-0.15, -0.1) is 11.3 Å². The number of hydrogen-bond acceptors (Lipinski definition) is 6. The van der Waals surface area contributed by atoms with E-state index in [-0.39, 0.29) is 18.0 Å². The molecular formula is C16H12N2O4S. The van der Waals surface area contributed by atoms with Crippen LogP contribution in [0.25, 0.3) is 11.0 Å².